The van der Waals surface area contributed by atoms with Crippen LogP contribution in [-0.2, 0) is 9.47 Å². The maximum atomic E-state index is 13.0. The summed E-state index contributed by atoms with van der Waals surface area (Å²) in [6.45, 7) is 4.34. The van der Waals surface area contributed by atoms with E-state index >= 15 is 0 Å². The minimum atomic E-state index is -5.73. The van der Waals surface area contributed by atoms with Crippen molar-refractivity contribution in [3.8, 4) is 28.7 Å². The van der Waals surface area contributed by atoms with E-state index in [2.05, 4.69) is 10.1 Å². The molecule has 36 heavy (non-hydrogen) atoms. The number of methoxy groups -OCH3 is 1. The second-order valence-electron chi connectivity index (χ2n) is 7.45. The van der Waals surface area contributed by atoms with Gasteiger partial charge in [-0.3, -0.25) is 4.90 Å². The predicted octanol–water partition coefficient (Wildman–Crippen LogP) is 6.20. The van der Waals surface area contributed by atoms with E-state index in [1.54, 1.807) is 11.3 Å². The first-order valence-corrected chi connectivity index (χ1v) is 11.9. The molecule has 0 saturated carbocycles. The van der Waals surface area contributed by atoms with Crippen molar-refractivity contribution in [2.45, 2.75) is 24.9 Å². The summed E-state index contributed by atoms with van der Waals surface area (Å²) in [6.07, 6.45) is -9.13. The normalized spacial score (nSPS) is 12.7. The van der Waals surface area contributed by atoms with Gasteiger partial charge >= 0.3 is 18.0 Å². The van der Waals surface area contributed by atoms with Crippen molar-refractivity contribution in [1.82, 2.24) is 4.90 Å². The van der Waals surface area contributed by atoms with Gasteiger partial charge in [-0.1, -0.05) is 31.1 Å². The van der Waals surface area contributed by atoms with Crippen molar-refractivity contribution in [2.24, 2.45) is 0 Å². The van der Waals surface area contributed by atoms with Crippen LogP contribution >= 0.6 is 11.3 Å². The third-order valence-electron chi connectivity index (χ3n) is 5.10. The molecule has 0 unspecified atom stereocenters. The van der Waals surface area contributed by atoms with Crippen LogP contribution in [0.1, 0.15) is 6.92 Å². The quantitative estimate of drug-likeness (QED) is 0.184. The number of ether oxygens (including phenoxy) is 3. The summed E-state index contributed by atoms with van der Waals surface area (Å²) in [4.78, 5) is 1.89. The van der Waals surface area contributed by atoms with Crippen LogP contribution in [-0.4, -0.2) is 69.4 Å². The van der Waals surface area contributed by atoms with E-state index in [1.165, 1.54) is 12.0 Å². The zero-order valence-corrected chi connectivity index (χ0v) is 20.6. The maximum absolute atomic E-state index is 13.0. The molecular formula is C25H27F6NO3S. The van der Waals surface area contributed by atoms with E-state index in [-0.39, 0.29) is 6.54 Å². The topological polar surface area (TPSA) is 30.9 Å². The van der Waals surface area contributed by atoms with E-state index in [4.69, 9.17) is 9.47 Å². The Labute approximate surface area is 210 Å². The van der Waals surface area contributed by atoms with E-state index in [0.717, 1.165) is 23.0 Å². The fourth-order valence-electron chi connectivity index (χ4n) is 3.08. The first-order valence-electron chi connectivity index (χ1n) is 11.0. The molecule has 1 aromatic carbocycles. The Morgan fingerprint density at radius 3 is 2.36 bits per heavy atom. The van der Waals surface area contributed by atoms with Crippen LogP contribution in [0.15, 0.2) is 53.2 Å². The smallest absolute Gasteiger partial charge is 0.438 e. The standard InChI is InChI=1S/C25H27F6NO3S/c1-3-32(12-6-4-5-11-23(33-2,24(26,27)28)25(29,30)31)13-14-34-15-16-35-22-9-7-8-20(18-22)21-10-17-36-19-21/h4,6-10,17-19H,3,12-16H2,1-2H3. The molecule has 0 saturated heterocycles. The second-order valence-corrected chi connectivity index (χ2v) is 8.23. The van der Waals surface area contributed by atoms with Crippen LogP contribution in [0, 0.1) is 11.8 Å². The van der Waals surface area contributed by atoms with E-state index in [0.29, 0.717) is 40.0 Å². The highest BCUT2D eigenvalue weighted by Gasteiger charge is 2.71. The molecule has 0 spiro atoms. The lowest BCUT2D eigenvalue weighted by atomic mass is 10.0. The van der Waals surface area contributed by atoms with Crippen LogP contribution in [0.5, 0.6) is 5.75 Å². The molecule has 1 heterocycles. The Morgan fingerprint density at radius 2 is 1.75 bits per heavy atom. The third kappa shape index (κ3) is 8.27. The van der Waals surface area contributed by atoms with Gasteiger partial charge in [-0.15, -0.1) is 0 Å². The van der Waals surface area contributed by atoms with Crippen molar-refractivity contribution in [2.75, 3.05) is 46.6 Å². The molecule has 0 radical (unpaired) electrons. The van der Waals surface area contributed by atoms with Crippen LogP contribution in [0.3, 0.4) is 0 Å². The monoisotopic (exact) mass is 535 g/mol. The minimum Gasteiger partial charge on any atom is -0.491 e. The predicted molar refractivity (Wildman–Crippen MR) is 127 cm³/mol. The van der Waals surface area contributed by atoms with Crippen molar-refractivity contribution in [1.29, 1.82) is 0 Å². The van der Waals surface area contributed by atoms with Crippen molar-refractivity contribution in [3.63, 3.8) is 0 Å². The molecule has 2 aromatic rings. The van der Waals surface area contributed by atoms with Gasteiger partial charge < -0.3 is 14.2 Å². The number of alkyl halides is 6. The number of rotatable bonds is 12. The number of likely N-dealkylation sites (N-methyl/N-ethyl adjacent to an activating group) is 1. The van der Waals surface area contributed by atoms with Gasteiger partial charge in [0.15, 0.2) is 0 Å². The van der Waals surface area contributed by atoms with E-state index in [9.17, 15) is 26.3 Å². The summed E-state index contributed by atoms with van der Waals surface area (Å²) in [5.41, 5.74) is -2.34. The summed E-state index contributed by atoms with van der Waals surface area (Å²) in [7, 11) is 0.325. The average Bonchev–Trinajstić information content (AvgIpc) is 3.36. The van der Waals surface area contributed by atoms with E-state index in [1.807, 2.05) is 53.5 Å². The lowest BCUT2D eigenvalue weighted by Gasteiger charge is -2.30. The molecule has 0 atom stereocenters. The van der Waals surface area contributed by atoms with Gasteiger partial charge in [-0.25, -0.2) is 0 Å². The van der Waals surface area contributed by atoms with Gasteiger partial charge in [-0.05, 0) is 58.6 Å². The Balaban J connectivity index is 1.74. The van der Waals surface area contributed by atoms with Crippen LogP contribution in [0.4, 0.5) is 26.3 Å². The summed E-state index contributed by atoms with van der Waals surface area (Å²) in [6, 6.07) is 9.78. The van der Waals surface area contributed by atoms with Gasteiger partial charge in [0.2, 0.25) is 0 Å². The van der Waals surface area contributed by atoms with Crippen LogP contribution in [0.25, 0.3) is 11.1 Å². The first kappa shape index (κ1) is 29.7. The highest BCUT2D eigenvalue weighted by molar-refractivity contribution is 7.08. The summed E-state index contributed by atoms with van der Waals surface area (Å²) in [5, 5.41) is 4.06. The Bertz CT molecular complexity index is 995. The number of thiophene rings is 1. The minimum absolute atomic E-state index is 0.276. The number of hydrogen-bond acceptors (Lipinski definition) is 5. The fraction of sp³-hybridized carbons (Fsp3) is 0.440. The molecule has 198 valence electrons. The van der Waals surface area contributed by atoms with Crippen molar-refractivity contribution >= 4 is 11.3 Å². The molecule has 0 aliphatic carbocycles. The van der Waals surface area contributed by atoms with Crippen LogP contribution in [0.2, 0.25) is 0 Å². The number of nitrogens with zero attached hydrogens (tertiary/aromatic N) is 1. The SMILES string of the molecule is CCN(CC=CC#CC(OC)(C(F)(F)F)C(F)(F)F)CCOCCOc1cccc(-c2ccsc2)c1. The van der Waals surface area contributed by atoms with Gasteiger partial charge in [0.1, 0.15) is 12.4 Å². The van der Waals surface area contributed by atoms with Crippen molar-refractivity contribution in [3.05, 3.63) is 53.2 Å². The number of allylic oxidation sites excluding steroid dienone is 1. The number of halogens is 6. The molecule has 0 amide bonds. The molecule has 2 rings (SSSR count). The van der Waals surface area contributed by atoms with E-state index < -0.39 is 18.0 Å². The summed E-state index contributed by atoms with van der Waals surface area (Å²) in [5.74, 6) is 3.73. The molecule has 0 N–H and O–H groups in total. The first-order chi connectivity index (χ1) is 17.0. The molecule has 0 aliphatic rings. The lowest BCUT2D eigenvalue weighted by Crippen LogP contribution is -2.57. The summed E-state index contributed by atoms with van der Waals surface area (Å²) < 4.78 is 92.8. The molecule has 11 heteroatoms. The van der Waals surface area contributed by atoms with Gasteiger partial charge in [0.25, 0.3) is 0 Å². The second kappa shape index (κ2) is 13.7. The number of hydrogen-bond donors (Lipinski definition) is 0. The molecule has 4 nitrogen and oxygen atoms in total. The third-order valence-corrected chi connectivity index (χ3v) is 5.78. The Hall–Kier alpha value is -2.52. The number of benzene rings is 1. The highest BCUT2D eigenvalue weighted by Crippen LogP contribution is 2.45. The highest BCUT2D eigenvalue weighted by atomic mass is 32.1. The largest absolute Gasteiger partial charge is 0.491 e. The van der Waals surface area contributed by atoms with Gasteiger partial charge in [0.05, 0.1) is 13.2 Å². The van der Waals surface area contributed by atoms with Gasteiger partial charge in [0, 0.05) is 20.2 Å². The Morgan fingerprint density at radius 1 is 1.00 bits per heavy atom. The molecule has 0 bridgehead atoms. The molecule has 0 fully saturated rings. The zero-order valence-electron chi connectivity index (χ0n) is 19.8. The summed E-state index contributed by atoms with van der Waals surface area (Å²) >= 11 is 1.62. The molecule has 0 aliphatic heterocycles. The zero-order chi connectivity index (χ0) is 26.7. The maximum Gasteiger partial charge on any atom is 0.438 e. The van der Waals surface area contributed by atoms with Crippen molar-refractivity contribution < 1.29 is 40.6 Å². The van der Waals surface area contributed by atoms with Crippen LogP contribution < -0.4 is 4.74 Å². The average molecular weight is 536 g/mol. The molecular weight excluding hydrogens is 508 g/mol. The fourth-order valence-corrected chi connectivity index (χ4v) is 3.74. The molecule has 1 aromatic heterocycles. The Kier molecular flexibility index (Phi) is 11.3. The lowest BCUT2D eigenvalue weighted by molar-refractivity contribution is -0.350. The van der Waals surface area contributed by atoms with Gasteiger partial charge in [-0.2, -0.15) is 37.7 Å².